The lowest BCUT2D eigenvalue weighted by molar-refractivity contribution is -0.384. The van der Waals surface area contributed by atoms with Crippen molar-refractivity contribution in [1.82, 2.24) is 5.32 Å². The maximum absolute atomic E-state index is 12.2. The summed E-state index contributed by atoms with van der Waals surface area (Å²) in [5.74, 6) is -1.28. The second-order valence-electron chi connectivity index (χ2n) is 5.52. The zero-order valence-corrected chi connectivity index (χ0v) is 14.4. The van der Waals surface area contributed by atoms with Gasteiger partial charge in [-0.1, -0.05) is 24.3 Å². The van der Waals surface area contributed by atoms with E-state index in [4.69, 9.17) is 4.74 Å². The number of nitro benzene ring substituents is 1. The van der Waals surface area contributed by atoms with E-state index >= 15 is 0 Å². The molecule has 136 valence electrons. The summed E-state index contributed by atoms with van der Waals surface area (Å²) < 4.78 is 4.97. The molecule has 26 heavy (non-hydrogen) atoms. The largest absolute Gasteiger partial charge is 0.452 e. The molecule has 0 aliphatic heterocycles. The summed E-state index contributed by atoms with van der Waals surface area (Å²) in [7, 11) is 1.58. The molecule has 8 nitrogen and oxygen atoms in total. The number of non-ortho nitro benzene ring substituents is 1. The first-order valence-corrected chi connectivity index (χ1v) is 7.87. The molecule has 0 unspecified atom stereocenters. The van der Waals surface area contributed by atoms with Gasteiger partial charge >= 0.3 is 5.97 Å². The van der Waals surface area contributed by atoms with E-state index in [0.717, 1.165) is 17.2 Å². The molecule has 0 bridgehead atoms. The van der Waals surface area contributed by atoms with E-state index in [1.54, 1.807) is 7.05 Å². The highest BCUT2D eigenvalue weighted by Gasteiger charge is 2.18. The summed E-state index contributed by atoms with van der Waals surface area (Å²) in [5.41, 5.74) is 2.14. The van der Waals surface area contributed by atoms with E-state index in [-0.39, 0.29) is 11.3 Å². The van der Waals surface area contributed by atoms with Gasteiger partial charge < -0.3 is 15.4 Å². The lowest BCUT2D eigenvalue weighted by Gasteiger charge is -2.10. The Morgan fingerprint density at radius 3 is 2.58 bits per heavy atom. The molecule has 0 fully saturated rings. The van der Waals surface area contributed by atoms with Crippen molar-refractivity contribution in [3.05, 3.63) is 69.3 Å². The fraction of sp³-hybridized carbons (Fsp3) is 0.222. The second-order valence-corrected chi connectivity index (χ2v) is 5.52. The van der Waals surface area contributed by atoms with Crippen LogP contribution in [0.3, 0.4) is 0 Å². The van der Waals surface area contributed by atoms with E-state index in [9.17, 15) is 19.7 Å². The van der Waals surface area contributed by atoms with Crippen molar-refractivity contribution in [1.29, 1.82) is 0 Å². The topological polar surface area (TPSA) is 111 Å². The van der Waals surface area contributed by atoms with Crippen molar-refractivity contribution in [3.8, 4) is 0 Å². The number of nitrogens with zero attached hydrogens (tertiary/aromatic N) is 1. The highest BCUT2D eigenvalue weighted by Crippen LogP contribution is 2.22. The van der Waals surface area contributed by atoms with Crippen LogP contribution >= 0.6 is 0 Å². The molecule has 2 aromatic carbocycles. The SMILES string of the molecule is CNc1ccc([N+](=O)[O-])cc1C(=O)OCC(=O)NCc1ccccc1C. The quantitative estimate of drug-likeness (QED) is 0.447. The first kappa shape index (κ1) is 18.9. The van der Waals surface area contributed by atoms with Gasteiger partial charge in [-0.2, -0.15) is 0 Å². The normalized spacial score (nSPS) is 10.1. The molecule has 0 heterocycles. The molecule has 0 saturated carbocycles. The number of hydrogen-bond donors (Lipinski definition) is 2. The minimum absolute atomic E-state index is 0.00611. The summed E-state index contributed by atoms with van der Waals surface area (Å²) in [4.78, 5) is 34.3. The molecule has 0 aliphatic rings. The van der Waals surface area contributed by atoms with Crippen molar-refractivity contribution in [2.75, 3.05) is 19.0 Å². The third-order valence-electron chi connectivity index (χ3n) is 3.77. The monoisotopic (exact) mass is 357 g/mol. The number of rotatable bonds is 7. The molecule has 0 saturated heterocycles. The lowest BCUT2D eigenvalue weighted by atomic mass is 10.1. The molecule has 1 amide bonds. The van der Waals surface area contributed by atoms with Gasteiger partial charge in [0.05, 0.1) is 10.5 Å². The maximum atomic E-state index is 12.2. The molecule has 0 spiro atoms. The third-order valence-corrected chi connectivity index (χ3v) is 3.77. The Hall–Kier alpha value is -3.42. The summed E-state index contributed by atoms with van der Waals surface area (Å²) >= 11 is 0. The molecule has 8 heteroatoms. The van der Waals surface area contributed by atoms with Crippen molar-refractivity contribution in [2.24, 2.45) is 0 Å². The van der Waals surface area contributed by atoms with Crippen LogP contribution in [0, 0.1) is 17.0 Å². The number of aryl methyl sites for hydroxylation is 1. The van der Waals surface area contributed by atoms with Gasteiger partial charge in [0.15, 0.2) is 6.61 Å². The maximum Gasteiger partial charge on any atom is 0.341 e. The van der Waals surface area contributed by atoms with Crippen molar-refractivity contribution in [3.63, 3.8) is 0 Å². The predicted octanol–water partition coefficient (Wildman–Crippen LogP) is 2.42. The van der Waals surface area contributed by atoms with Crippen molar-refractivity contribution >= 4 is 23.3 Å². The Bertz CT molecular complexity index is 835. The molecule has 0 aliphatic carbocycles. The number of carbonyl (C=O) groups excluding carboxylic acids is 2. The minimum atomic E-state index is -0.816. The van der Waals surface area contributed by atoms with Gasteiger partial charge in [-0.3, -0.25) is 14.9 Å². The Labute approximate surface area is 150 Å². The first-order valence-electron chi connectivity index (χ1n) is 7.87. The molecular formula is C18H19N3O5. The number of ether oxygens (including phenoxy) is 1. The molecular weight excluding hydrogens is 338 g/mol. The number of hydrogen-bond acceptors (Lipinski definition) is 6. The van der Waals surface area contributed by atoms with Crippen LogP contribution in [0.25, 0.3) is 0 Å². The zero-order chi connectivity index (χ0) is 19.1. The molecule has 0 atom stereocenters. The lowest BCUT2D eigenvalue weighted by Crippen LogP contribution is -2.28. The van der Waals surface area contributed by atoms with Crippen LogP contribution in [-0.4, -0.2) is 30.5 Å². The van der Waals surface area contributed by atoms with Gasteiger partial charge in [0.25, 0.3) is 11.6 Å². The number of anilines is 1. The predicted molar refractivity (Wildman–Crippen MR) is 96.0 cm³/mol. The van der Waals surface area contributed by atoms with E-state index in [1.165, 1.54) is 12.1 Å². The van der Waals surface area contributed by atoms with Gasteiger partial charge in [-0.15, -0.1) is 0 Å². The average Bonchev–Trinajstić information content (AvgIpc) is 2.64. The Morgan fingerprint density at radius 1 is 1.19 bits per heavy atom. The highest BCUT2D eigenvalue weighted by atomic mass is 16.6. The second kappa shape index (κ2) is 8.61. The van der Waals surface area contributed by atoms with Gasteiger partial charge in [-0.05, 0) is 24.1 Å². The highest BCUT2D eigenvalue weighted by molar-refractivity contribution is 5.97. The number of esters is 1. The van der Waals surface area contributed by atoms with Crippen LogP contribution in [0.2, 0.25) is 0 Å². The standard InChI is InChI=1S/C18H19N3O5/c1-12-5-3-4-6-13(12)10-20-17(22)11-26-18(23)15-9-14(21(24)25)7-8-16(15)19-2/h3-9,19H,10-11H2,1-2H3,(H,20,22). The van der Waals surface area contributed by atoms with Crippen LogP contribution < -0.4 is 10.6 Å². The smallest absolute Gasteiger partial charge is 0.341 e. The van der Waals surface area contributed by atoms with Crippen molar-refractivity contribution in [2.45, 2.75) is 13.5 Å². The molecule has 2 N–H and O–H groups in total. The van der Waals surface area contributed by atoms with Gasteiger partial charge in [0.2, 0.25) is 0 Å². The van der Waals surface area contributed by atoms with Gasteiger partial charge in [0.1, 0.15) is 0 Å². The fourth-order valence-electron chi connectivity index (χ4n) is 2.29. The van der Waals surface area contributed by atoms with E-state index in [0.29, 0.717) is 12.2 Å². The number of amides is 1. The molecule has 2 rings (SSSR count). The molecule has 2 aromatic rings. The molecule has 0 radical (unpaired) electrons. The van der Waals surface area contributed by atoms with Crippen LogP contribution in [0.1, 0.15) is 21.5 Å². The molecule has 0 aromatic heterocycles. The summed E-state index contributed by atoms with van der Waals surface area (Å²) in [6.45, 7) is 1.78. The van der Waals surface area contributed by atoms with Crippen LogP contribution in [0.5, 0.6) is 0 Å². The summed E-state index contributed by atoms with van der Waals surface area (Å²) in [6, 6.07) is 11.4. The van der Waals surface area contributed by atoms with Crippen LogP contribution in [-0.2, 0) is 16.1 Å². The van der Waals surface area contributed by atoms with Gasteiger partial charge in [-0.25, -0.2) is 4.79 Å². The van der Waals surface area contributed by atoms with E-state index in [2.05, 4.69) is 10.6 Å². The van der Waals surface area contributed by atoms with Crippen LogP contribution in [0.4, 0.5) is 11.4 Å². The van der Waals surface area contributed by atoms with Crippen molar-refractivity contribution < 1.29 is 19.2 Å². The Balaban J connectivity index is 1.95. The first-order chi connectivity index (χ1) is 12.4. The minimum Gasteiger partial charge on any atom is -0.452 e. The Morgan fingerprint density at radius 2 is 1.92 bits per heavy atom. The fourth-order valence-corrected chi connectivity index (χ4v) is 2.29. The third kappa shape index (κ3) is 4.79. The number of benzene rings is 2. The van der Waals surface area contributed by atoms with Crippen LogP contribution in [0.15, 0.2) is 42.5 Å². The van der Waals surface area contributed by atoms with E-state index < -0.39 is 23.4 Å². The number of nitrogens with one attached hydrogen (secondary N) is 2. The summed E-state index contributed by atoms with van der Waals surface area (Å²) in [5, 5.41) is 16.3. The van der Waals surface area contributed by atoms with Gasteiger partial charge in [0, 0.05) is 31.4 Å². The van der Waals surface area contributed by atoms with E-state index in [1.807, 2.05) is 31.2 Å². The number of nitro groups is 1. The average molecular weight is 357 g/mol. The number of carbonyl (C=O) groups is 2. The summed E-state index contributed by atoms with van der Waals surface area (Å²) in [6.07, 6.45) is 0. The Kier molecular flexibility index (Phi) is 6.26. The zero-order valence-electron chi connectivity index (χ0n) is 14.4.